The van der Waals surface area contributed by atoms with E-state index in [4.69, 9.17) is 4.52 Å². The largest absolute Gasteiger partial charge is 0.356 e. The van der Waals surface area contributed by atoms with Gasteiger partial charge in [0.05, 0.1) is 11.3 Å². The smallest absolute Gasteiger partial charge is 0.254 e. The van der Waals surface area contributed by atoms with E-state index in [2.05, 4.69) is 26.1 Å². The van der Waals surface area contributed by atoms with Crippen LogP contribution in [0.25, 0.3) is 11.4 Å². The van der Waals surface area contributed by atoms with Gasteiger partial charge in [-0.05, 0) is 18.6 Å². The van der Waals surface area contributed by atoms with Gasteiger partial charge in [0.15, 0.2) is 0 Å². The van der Waals surface area contributed by atoms with Crippen molar-refractivity contribution in [3.8, 4) is 11.4 Å². The first kappa shape index (κ1) is 20.3. The van der Waals surface area contributed by atoms with Crippen molar-refractivity contribution in [2.75, 3.05) is 11.9 Å². The number of aromatic nitrogens is 2. The first-order valence-electron chi connectivity index (χ1n) is 9.95. The second-order valence-electron chi connectivity index (χ2n) is 7.08. The number of para-hydroxylation sites is 1. The molecule has 4 rings (SSSR count). The SMILES string of the molecule is O=C(CC[C@H]1NC(=O)c2ccccc2NC1=O)NCCc1nc(-c2ccccc2)no1. The number of amides is 3. The average molecular weight is 419 g/mol. The number of rotatable bonds is 7. The van der Waals surface area contributed by atoms with Crippen LogP contribution in [0.2, 0.25) is 0 Å². The zero-order valence-electron chi connectivity index (χ0n) is 16.6. The number of anilines is 1. The molecular formula is C22H21N5O4. The summed E-state index contributed by atoms with van der Waals surface area (Å²) in [5.74, 6) is 0.00680. The van der Waals surface area contributed by atoms with Gasteiger partial charge in [-0.25, -0.2) is 0 Å². The molecule has 158 valence electrons. The molecule has 1 aromatic heterocycles. The van der Waals surface area contributed by atoms with Crippen LogP contribution in [0.15, 0.2) is 59.1 Å². The normalized spacial score (nSPS) is 15.4. The number of nitrogens with one attached hydrogen (secondary N) is 3. The highest BCUT2D eigenvalue weighted by Gasteiger charge is 2.27. The Labute approximate surface area is 178 Å². The van der Waals surface area contributed by atoms with Gasteiger partial charge in [0.25, 0.3) is 5.91 Å². The van der Waals surface area contributed by atoms with E-state index >= 15 is 0 Å². The Balaban J connectivity index is 1.23. The summed E-state index contributed by atoms with van der Waals surface area (Å²) in [5, 5.41) is 12.1. The molecule has 0 unspecified atom stereocenters. The number of hydrogen-bond acceptors (Lipinski definition) is 6. The van der Waals surface area contributed by atoms with E-state index in [-0.39, 0.29) is 30.6 Å². The third-order valence-electron chi connectivity index (χ3n) is 4.87. The summed E-state index contributed by atoms with van der Waals surface area (Å²) < 4.78 is 5.21. The van der Waals surface area contributed by atoms with E-state index in [1.165, 1.54) is 0 Å². The average Bonchev–Trinajstić information content (AvgIpc) is 3.21. The van der Waals surface area contributed by atoms with Crippen LogP contribution in [0.4, 0.5) is 5.69 Å². The highest BCUT2D eigenvalue weighted by Crippen LogP contribution is 2.19. The van der Waals surface area contributed by atoms with Gasteiger partial charge in [-0.2, -0.15) is 4.98 Å². The number of hydrogen-bond donors (Lipinski definition) is 3. The second kappa shape index (κ2) is 9.21. The van der Waals surface area contributed by atoms with Crippen LogP contribution in [0, 0.1) is 0 Å². The van der Waals surface area contributed by atoms with Crippen LogP contribution < -0.4 is 16.0 Å². The Bertz CT molecular complexity index is 1100. The predicted octanol–water partition coefficient (Wildman–Crippen LogP) is 1.93. The number of carbonyl (C=O) groups excluding carboxylic acids is 3. The van der Waals surface area contributed by atoms with Crippen LogP contribution in [0.5, 0.6) is 0 Å². The zero-order valence-corrected chi connectivity index (χ0v) is 16.6. The zero-order chi connectivity index (χ0) is 21.6. The Hall–Kier alpha value is -4.01. The van der Waals surface area contributed by atoms with Crippen LogP contribution in [-0.2, 0) is 16.0 Å². The van der Waals surface area contributed by atoms with Gasteiger partial charge in [0.2, 0.25) is 23.5 Å². The second-order valence-corrected chi connectivity index (χ2v) is 7.08. The molecule has 9 nitrogen and oxygen atoms in total. The molecule has 1 atom stereocenters. The van der Waals surface area contributed by atoms with Crippen molar-refractivity contribution < 1.29 is 18.9 Å². The number of nitrogens with zero attached hydrogens (tertiary/aromatic N) is 2. The molecule has 0 fully saturated rings. The fourth-order valence-corrected chi connectivity index (χ4v) is 3.25. The van der Waals surface area contributed by atoms with Crippen molar-refractivity contribution in [3.05, 3.63) is 66.1 Å². The van der Waals surface area contributed by atoms with E-state index in [0.29, 0.717) is 35.9 Å². The first-order chi connectivity index (χ1) is 15.1. The van der Waals surface area contributed by atoms with Gasteiger partial charge < -0.3 is 20.5 Å². The van der Waals surface area contributed by atoms with Crippen LogP contribution in [0.1, 0.15) is 29.1 Å². The minimum Gasteiger partial charge on any atom is -0.356 e. The molecule has 2 aromatic carbocycles. The van der Waals surface area contributed by atoms with Gasteiger partial charge in [-0.15, -0.1) is 0 Å². The minimum atomic E-state index is -0.782. The van der Waals surface area contributed by atoms with Crippen molar-refractivity contribution in [1.29, 1.82) is 0 Å². The molecule has 1 aliphatic heterocycles. The molecule has 3 N–H and O–H groups in total. The van der Waals surface area contributed by atoms with Crippen molar-refractivity contribution in [1.82, 2.24) is 20.8 Å². The highest BCUT2D eigenvalue weighted by molar-refractivity contribution is 6.09. The first-order valence-corrected chi connectivity index (χ1v) is 9.95. The summed E-state index contributed by atoms with van der Waals surface area (Å²) in [7, 11) is 0. The fourth-order valence-electron chi connectivity index (χ4n) is 3.25. The van der Waals surface area contributed by atoms with Crippen LogP contribution in [-0.4, -0.2) is 40.4 Å². The molecule has 0 saturated carbocycles. The lowest BCUT2D eigenvalue weighted by Crippen LogP contribution is -2.42. The third kappa shape index (κ3) is 4.95. The van der Waals surface area contributed by atoms with Gasteiger partial charge in [0.1, 0.15) is 6.04 Å². The van der Waals surface area contributed by atoms with Crippen molar-refractivity contribution >= 4 is 23.4 Å². The van der Waals surface area contributed by atoms with Crippen molar-refractivity contribution in [2.45, 2.75) is 25.3 Å². The lowest BCUT2D eigenvalue weighted by Gasteiger charge is -2.14. The van der Waals surface area contributed by atoms with Gasteiger partial charge in [-0.3, -0.25) is 14.4 Å². The topological polar surface area (TPSA) is 126 Å². The van der Waals surface area contributed by atoms with Crippen LogP contribution >= 0.6 is 0 Å². The Morgan fingerprint density at radius 1 is 1.06 bits per heavy atom. The summed E-state index contributed by atoms with van der Waals surface area (Å²) in [6, 6.07) is 15.5. The van der Waals surface area contributed by atoms with Crippen molar-refractivity contribution in [2.24, 2.45) is 0 Å². The Morgan fingerprint density at radius 3 is 2.68 bits per heavy atom. The molecular weight excluding hydrogens is 398 g/mol. The van der Waals surface area contributed by atoms with Crippen LogP contribution in [0.3, 0.4) is 0 Å². The number of benzene rings is 2. The standard InChI is InChI=1S/C22H21N5O4/c28-18(23-13-12-19-26-20(27-31-19)14-6-2-1-3-7-14)11-10-17-22(30)24-16-9-5-4-8-15(16)21(29)25-17/h1-9,17H,10-13H2,(H,23,28)(H,24,30)(H,25,29)/t17-/m1/s1. The summed E-state index contributed by atoms with van der Waals surface area (Å²) >= 11 is 0. The Morgan fingerprint density at radius 2 is 1.84 bits per heavy atom. The quantitative estimate of drug-likeness (QED) is 0.537. The lowest BCUT2D eigenvalue weighted by molar-refractivity contribution is -0.121. The maximum Gasteiger partial charge on any atom is 0.254 e. The summed E-state index contributed by atoms with van der Waals surface area (Å²) in [4.78, 5) is 41.2. The van der Waals surface area contributed by atoms with Gasteiger partial charge >= 0.3 is 0 Å². The van der Waals surface area contributed by atoms with E-state index in [9.17, 15) is 14.4 Å². The molecule has 0 spiro atoms. The molecule has 0 saturated heterocycles. The predicted molar refractivity (Wildman–Crippen MR) is 112 cm³/mol. The lowest BCUT2D eigenvalue weighted by atomic mass is 10.1. The van der Waals surface area contributed by atoms with Gasteiger partial charge in [0, 0.05) is 24.9 Å². The molecule has 1 aliphatic rings. The van der Waals surface area contributed by atoms with E-state index in [0.717, 1.165) is 5.56 Å². The third-order valence-corrected chi connectivity index (χ3v) is 4.87. The molecule has 0 bridgehead atoms. The highest BCUT2D eigenvalue weighted by atomic mass is 16.5. The maximum atomic E-state index is 12.4. The fraction of sp³-hybridized carbons (Fsp3) is 0.227. The number of fused-ring (bicyclic) bond motifs is 1. The monoisotopic (exact) mass is 419 g/mol. The minimum absolute atomic E-state index is 0.0911. The van der Waals surface area contributed by atoms with Crippen molar-refractivity contribution in [3.63, 3.8) is 0 Å². The summed E-state index contributed by atoms with van der Waals surface area (Å²) in [6.07, 6.45) is 0.672. The molecule has 31 heavy (non-hydrogen) atoms. The summed E-state index contributed by atoms with van der Waals surface area (Å²) in [6.45, 7) is 0.323. The summed E-state index contributed by atoms with van der Waals surface area (Å²) in [5.41, 5.74) is 1.72. The van der Waals surface area contributed by atoms with E-state index < -0.39 is 6.04 Å². The van der Waals surface area contributed by atoms with Gasteiger partial charge in [-0.1, -0.05) is 47.6 Å². The van der Waals surface area contributed by atoms with E-state index in [1.54, 1.807) is 24.3 Å². The maximum absolute atomic E-state index is 12.4. The molecule has 9 heteroatoms. The molecule has 3 amide bonds. The Kier molecular flexibility index (Phi) is 6.02. The van der Waals surface area contributed by atoms with E-state index in [1.807, 2.05) is 30.3 Å². The molecule has 0 radical (unpaired) electrons. The molecule has 0 aliphatic carbocycles. The molecule has 2 heterocycles. The number of carbonyl (C=O) groups is 3. The molecule has 3 aromatic rings.